The maximum absolute atomic E-state index is 12.5. The first-order valence-electron chi connectivity index (χ1n) is 9.95. The molecule has 0 saturated heterocycles. The molecule has 2 N–H and O–H groups in total. The highest BCUT2D eigenvalue weighted by atomic mass is 32.2. The van der Waals surface area contributed by atoms with E-state index in [1.807, 2.05) is 0 Å². The minimum Gasteiger partial charge on any atom is -0.351 e. The summed E-state index contributed by atoms with van der Waals surface area (Å²) in [5.41, 5.74) is 4.16. The summed E-state index contributed by atoms with van der Waals surface area (Å²) in [6.45, 7) is 4.42. The van der Waals surface area contributed by atoms with Crippen molar-refractivity contribution in [3.05, 3.63) is 95.1 Å². The zero-order valence-electron chi connectivity index (χ0n) is 17.6. The second-order valence-electron chi connectivity index (χ2n) is 7.25. The molecule has 0 bridgehead atoms. The third-order valence-corrected chi connectivity index (χ3v) is 7.08. The van der Waals surface area contributed by atoms with E-state index in [2.05, 4.69) is 41.2 Å². The summed E-state index contributed by atoms with van der Waals surface area (Å²) in [6, 6.07) is 21.5. The lowest BCUT2D eigenvalue weighted by atomic mass is 10.1. The molecule has 0 saturated carbocycles. The van der Waals surface area contributed by atoms with Gasteiger partial charge in [0.05, 0.1) is 10.6 Å². The van der Waals surface area contributed by atoms with Crippen LogP contribution in [-0.4, -0.2) is 26.6 Å². The average molecular weight is 455 g/mol. The van der Waals surface area contributed by atoms with E-state index in [0.717, 1.165) is 11.5 Å². The highest BCUT2D eigenvalue weighted by molar-refractivity contribution is 7.98. The topological polar surface area (TPSA) is 75.3 Å². The Labute approximate surface area is 188 Å². The van der Waals surface area contributed by atoms with Gasteiger partial charge in [-0.05, 0) is 55.3 Å². The number of thioether (sulfide) groups is 1. The Morgan fingerprint density at radius 1 is 0.935 bits per heavy atom. The van der Waals surface area contributed by atoms with Gasteiger partial charge in [-0.25, -0.2) is 8.42 Å². The van der Waals surface area contributed by atoms with E-state index in [0.29, 0.717) is 23.4 Å². The molecule has 3 aromatic carbocycles. The number of hydrogen-bond acceptors (Lipinski definition) is 4. The molecule has 3 aromatic rings. The van der Waals surface area contributed by atoms with Crippen LogP contribution in [0.5, 0.6) is 0 Å². The molecule has 7 heteroatoms. The van der Waals surface area contributed by atoms with E-state index >= 15 is 0 Å². The van der Waals surface area contributed by atoms with Gasteiger partial charge in [-0.1, -0.05) is 48.0 Å². The van der Waals surface area contributed by atoms with Crippen LogP contribution in [0.3, 0.4) is 0 Å². The largest absolute Gasteiger partial charge is 0.351 e. The minimum absolute atomic E-state index is 0.170. The number of nitrogens with one attached hydrogen (secondary N) is 2. The molecular formula is C24H26N2O3S2. The third kappa shape index (κ3) is 6.60. The lowest BCUT2D eigenvalue weighted by Crippen LogP contribution is -2.26. The number of benzene rings is 3. The summed E-state index contributed by atoms with van der Waals surface area (Å²) in [5, 5.41) is 2.92. The van der Waals surface area contributed by atoms with Gasteiger partial charge in [0.25, 0.3) is 15.9 Å². The van der Waals surface area contributed by atoms with Crippen molar-refractivity contribution >= 4 is 33.4 Å². The van der Waals surface area contributed by atoms with Crippen molar-refractivity contribution in [2.45, 2.75) is 24.5 Å². The molecule has 0 heterocycles. The molecule has 0 aliphatic carbocycles. The van der Waals surface area contributed by atoms with Crippen molar-refractivity contribution < 1.29 is 13.2 Å². The lowest BCUT2D eigenvalue weighted by molar-refractivity contribution is 0.0956. The first-order valence-corrected chi connectivity index (χ1v) is 12.6. The summed E-state index contributed by atoms with van der Waals surface area (Å²) < 4.78 is 27.6. The van der Waals surface area contributed by atoms with Crippen LogP contribution in [0, 0.1) is 13.8 Å². The van der Waals surface area contributed by atoms with Crippen LogP contribution < -0.4 is 10.0 Å². The first-order chi connectivity index (χ1) is 14.8. The van der Waals surface area contributed by atoms with E-state index in [9.17, 15) is 13.2 Å². The zero-order valence-corrected chi connectivity index (χ0v) is 19.2. The number of anilines is 1. The van der Waals surface area contributed by atoms with Crippen LogP contribution >= 0.6 is 11.8 Å². The van der Waals surface area contributed by atoms with Crippen molar-refractivity contribution in [3.63, 3.8) is 0 Å². The van der Waals surface area contributed by atoms with Gasteiger partial charge in [-0.15, -0.1) is 0 Å². The molecule has 0 unspecified atom stereocenters. The molecule has 0 aliphatic rings. The van der Waals surface area contributed by atoms with E-state index in [4.69, 9.17) is 0 Å². The molecule has 0 aromatic heterocycles. The van der Waals surface area contributed by atoms with E-state index < -0.39 is 10.0 Å². The molecule has 0 spiro atoms. The summed E-state index contributed by atoms with van der Waals surface area (Å²) in [5.74, 6) is 1.55. The fraction of sp³-hybridized carbons (Fsp3) is 0.208. The summed E-state index contributed by atoms with van der Waals surface area (Å²) >= 11 is 1.77. The number of hydrogen-bond donors (Lipinski definition) is 2. The van der Waals surface area contributed by atoms with E-state index in [1.165, 1.54) is 23.3 Å². The predicted molar refractivity (Wildman–Crippen MR) is 128 cm³/mol. The molecule has 31 heavy (non-hydrogen) atoms. The smallest absolute Gasteiger partial charge is 0.261 e. The van der Waals surface area contributed by atoms with Gasteiger partial charge in [-0.2, -0.15) is 11.8 Å². The Morgan fingerprint density at radius 2 is 1.71 bits per heavy atom. The van der Waals surface area contributed by atoms with Crippen molar-refractivity contribution in [2.75, 3.05) is 17.0 Å². The van der Waals surface area contributed by atoms with Crippen molar-refractivity contribution in [1.82, 2.24) is 5.32 Å². The van der Waals surface area contributed by atoms with E-state index in [-0.39, 0.29) is 10.8 Å². The van der Waals surface area contributed by atoms with E-state index in [1.54, 1.807) is 55.1 Å². The number of amides is 1. The predicted octanol–water partition coefficient (Wildman–Crippen LogP) is 4.77. The normalized spacial score (nSPS) is 11.2. The molecule has 0 fully saturated rings. The molecule has 0 atom stereocenters. The molecular weight excluding hydrogens is 428 g/mol. The van der Waals surface area contributed by atoms with Crippen LogP contribution in [-0.2, 0) is 15.8 Å². The average Bonchev–Trinajstić information content (AvgIpc) is 2.75. The lowest BCUT2D eigenvalue weighted by Gasteiger charge is -2.12. The summed E-state index contributed by atoms with van der Waals surface area (Å²) in [7, 11) is -3.67. The standard InChI is InChI=1S/C24H26N2O3S2/c1-18-7-6-8-20(15-18)17-30-14-13-25-24(27)21-11-12-23(19(2)16-21)26-31(28,29)22-9-4-3-5-10-22/h3-12,15-16,26H,13-14,17H2,1-2H3,(H,25,27). The van der Waals surface area contributed by atoms with Gasteiger partial charge in [0, 0.05) is 23.6 Å². The van der Waals surface area contributed by atoms with Crippen molar-refractivity contribution in [1.29, 1.82) is 0 Å². The maximum atomic E-state index is 12.5. The van der Waals surface area contributed by atoms with Gasteiger partial charge in [0.15, 0.2) is 0 Å². The number of sulfonamides is 1. The Hall–Kier alpha value is -2.77. The fourth-order valence-corrected chi connectivity index (χ4v) is 5.01. The van der Waals surface area contributed by atoms with Gasteiger partial charge in [-0.3, -0.25) is 9.52 Å². The Bertz CT molecular complexity index is 1150. The number of aryl methyl sites for hydroxylation is 2. The molecule has 1 amide bonds. The Kier molecular flexibility index (Phi) is 7.76. The van der Waals surface area contributed by atoms with Gasteiger partial charge in [0.1, 0.15) is 0 Å². The number of carbonyl (C=O) groups is 1. The second-order valence-corrected chi connectivity index (χ2v) is 10.0. The quantitative estimate of drug-likeness (QED) is 0.457. The SMILES string of the molecule is Cc1cccc(CSCCNC(=O)c2ccc(NS(=O)(=O)c3ccccc3)c(C)c2)c1. The molecule has 162 valence electrons. The number of rotatable bonds is 9. The van der Waals surface area contributed by atoms with Gasteiger partial charge >= 0.3 is 0 Å². The summed E-state index contributed by atoms with van der Waals surface area (Å²) in [6.07, 6.45) is 0. The molecule has 5 nitrogen and oxygen atoms in total. The minimum atomic E-state index is -3.67. The fourth-order valence-electron chi connectivity index (χ4n) is 3.05. The Balaban J connectivity index is 1.51. The van der Waals surface area contributed by atoms with Crippen molar-refractivity contribution in [2.24, 2.45) is 0 Å². The van der Waals surface area contributed by atoms with Crippen LogP contribution in [0.15, 0.2) is 77.7 Å². The maximum Gasteiger partial charge on any atom is 0.261 e. The highest BCUT2D eigenvalue weighted by Crippen LogP contribution is 2.21. The molecule has 0 aliphatic heterocycles. The van der Waals surface area contributed by atoms with Crippen LogP contribution in [0.2, 0.25) is 0 Å². The molecule has 3 rings (SSSR count). The van der Waals surface area contributed by atoms with Crippen molar-refractivity contribution in [3.8, 4) is 0 Å². The zero-order chi connectivity index (χ0) is 22.3. The Morgan fingerprint density at radius 3 is 2.42 bits per heavy atom. The molecule has 0 radical (unpaired) electrons. The van der Waals surface area contributed by atoms with Crippen LogP contribution in [0.25, 0.3) is 0 Å². The second kappa shape index (κ2) is 10.5. The van der Waals surface area contributed by atoms with Crippen LogP contribution in [0.4, 0.5) is 5.69 Å². The highest BCUT2D eigenvalue weighted by Gasteiger charge is 2.15. The van der Waals surface area contributed by atoms with Gasteiger partial charge < -0.3 is 5.32 Å². The summed E-state index contributed by atoms with van der Waals surface area (Å²) in [4.78, 5) is 12.6. The van der Waals surface area contributed by atoms with Gasteiger partial charge in [0.2, 0.25) is 0 Å². The monoisotopic (exact) mass is 454 g/mol. The third-order valence-electron chi connectivity index (χ3n) is 4.67. The van der Waals surface area contributed by atoms with Crippen LogP contribution in [0.1, 0.15) is 27.0 Å². The number of carbonyl (C=O) groups excluding carboxylic acids is 1. The first kappa shape index (κ1) is 22.9.